The largest absolute Gasteiger partial charge is 0.491 e. The minimum Gasteiger partial charge on any atom is -0.491 e. The van der Waals surface area contributed by atoms with Crippen LogP contribution in [0.4, 0.5) is 5.69 Å². The predicted molar refractivity (Wildman–Crippen MR) is 81.8 cm³/mol. The summed E-state index contributed by atoms with van der Waals surface area (Å²) in [6.45, 7) is 2.69. The Kier molecular flexibility index (Phi) is 5.15. The van der Waals surface area contributed by atoms with Gasteiger partial charge in [-0.25, -0.2) is 0 Å². The number of aryl methyl sites for hydroxylation is 1. The average Bonchev–Trinajstić information content (AvgIpc) is 2.48. The van der Waals surface area contributed by atoms with Crippen LogP contribution in [0.5, 0.6) is 5.75 Å². The van der Waals surface area contributed by atoms with Crippen molar-refractivity contribution in [2.24, 2.45) is 0 Å². The number of para-hydroxylation sites is 2. The van der Waals surface area contributed by atoms with Gasteiger partial charge in [0.05, 0.1) is 31.0 Å². The molecule has 0 bridgehead atoms. The molecule has 0 aliphatic rings. The summed E-state index contributed by atoms with van der Waals surface area (Å²) < 4.78 is 5.48. The zero-order chi connectivity index (χ0) is 15.1. The van der Waals surface area contributed by atoms with Crippen molar-refractivity contribution < 1.29 is 9.53 Å². The molecule has 0 spiro atoms. The van der Waals surface area contributed by atoms with Crippen LogP contribution in [0.25, 0.3) is 0 Å². The van der Waals surface area contributed by atoms with Crippen LogP contribution in [0.1, 0.15) is 17.7 Å². The second-order valence-corrected chi connectivity index (χ2v) is 4.68. The van der Waals surface area contributed by atoms with Gasteiger partial charge in [0.1, 0.15) is 5.75 Å². The first-order valence-corrected chi connectivity index (χ1v) is 6.81. The zero-order valence-electron chi connectivity index (χ0n) is 12.0. The second-order valence-electron chi connectivity index (χ2n) is 4.68. The standard InChI is InChI=1S/C16H19N3O2/c1-12-5-4-9-18-14(12)11-19-16(20)8-10-21-15-7-3-2-6-13(15)17/h2-7,9H,8,10-11,17H2,1H3,(H,19,20). The lowest BCUT2D eigenvalue weighted by molar-refractivity contribution is -0.121. The first-order valence-electron chi connectivity index (χ1n) is 6.81. The molecule has 2 aromatic rings. The molecular weight excluding hydrogens is 266 g/mol. The number of anilines is 1. The molecule has 5 heteroatoms. The average molecular weight is 285 g/mol. The van der Waals surface area contributed by atoms with Crippen LogP contribution in [0.3, 0.4) is 0 Å². The van der Waals surface area contributed by atoms with Gasteiger partial charge >= 0.3 is 0 Å². The minimum atomic E-state index is -0.0745. The number of rotatable bonds is 6. The number of amides is 1. The molecule has 110 valence electrons. The van der Waals surface area contributed by atoms with Gasteiger partial charge in [-0.1, -0.05) is 18.2 Å². The number of carbonyl (C=O) groups is 1. The van der Waals surface area contributed by atoms with Crippen LogP contribution in [0.15, 0.2) is 42.6 Å². The Hall–Kier alpha value is -2.56. The summed E-state index contributed by atoms with van der Waals surface area (Å²) >= 11 is 0. The molecule has 0 aliphatic carbocycles. The molecule has 1 aromatic carbocycles. The van der Waals surface area contributed by atoms with E-state index in [-0.39, 0.29) is 12.3 Å². The summed E-state index contributed by atoms with van der Waals surface area (Å²) in [6.07, 6.45) is 2.00. The van der Waals surface area contributed by atoms with Gasteiger partial charge < -0.3 is 15.8 Å². The van der Waals surface area contributed by atoms with Crippen molar-refractivity contribution in [1.82, 2.24) is 10.3 Å². The van der Waals surface area contributed by atoms with Gasteiger partial charge in [0.15, 0.2) is 0 Å². The SMILES string of the molecule is Cc1cccnc1CNC(=O)CCOc1ccccc1N. The normalized spacial score (nSPS) is 10.1. The Morgan fingerprint density at radius 3 is 2.86 bits per heavy atom. The molecule has 1 aromatic heterocycles. The van der Waals surface area contributed by atoms with Crippen LogP contribution < -0.4 is 15.8 Å². The Labute approximate surface area is 124 Å². The molecule has 0 saturated heterocycles. The highest BCUT2D eigenvalue weighted by molar-refractivity contribution is 5.76. The smallest absolute Gasteiger partial charge is 0.223 e. The summed E-state index contributed by atoms with van der Waals surface area (Å²) in [4.78, 5) is 16.0. The van der Waals surface area contributed by atoms with Gasteiger partial charge in [0.25, 0.3) is 0 Å². The summed E-state index contributed by atoms with van der Waals surface area (Å²) in [5.74, 6) is 0.528. The van der Waals surface area contributed by atoms with E-state index in [0.29, 0.717) is 24.6 Å². The number of nitrogens with zero attached hydrogens (tertiary/aromatic N) is 1. The molecule has 0 radical (unpaired) electrons. The maximum atomic E-state index is 11.8. The van der Waals surface area contributed by atoms with Crippen molar-refractivity contribution >= 4 is 11.6 Å². The summed E-state index contributed by atoms with van der Waals surface area (Å²) in [6, 6.07) is 11.1. The first-order chi connectivity index (χ1) is 10.2. The summed E-state index contributed by atoms with van der Waals surface area (Å²) in [7, 11) is 0. The van der Waals surface area contributed by atoms with Crippen molar-refractivity contribution in [2.75, 3.05) is 12.3 Å². The molecule has 1 heterocycles. The van der Waals surface area contributed by atoms with Crippen molar-refractivity contribution in [3.63, 3.8) is 0 Å². The molecular formula is C16H19N3O2. The zero-order valence-corrected chi connectivity index (χ0v) is 12.0. The highest BCUT2D eigenvalue weighted by Gasteiger charge is 2.05. The fourth-order valence-corrected chi connectivity index (χ4v) is 1.84. The van der Waals surface area contributed by atoms with Gasteiger partial charge in [-0.2, -0.15) is 0 Å². The maximum absolute atomic E-state index is 11.8. The maximum Gasteiger partial charge on any atom is 0.223 e. The fourth-order valence-electron chi connectivity index (χ4n) is 1.84. The number of nitrogens with two attached hydrogens (primary N) is 1. The van der Waals surface area contributed by atoms with Gasteiger partial charge in [0.2, 0.25) is 5.91 Å². The molecule has 0 unspecified atom stereocenters. The van der Waals surface area contributed by atoms with Gasteiger partial charge in [-0.15, -0.1) is 0 Å². The van der Waals surface area contributed by atoms with Crippen LogP contribution in [-0.2, 0) is 11.3 Å². The number of carbonyl (C=O) groups excluding carboxylic acids is 1. The number of aromatic nitrogens is 1. The third-order valence-electron chi connectivity index (χ3n) is 3.08. The van der Waals surface area contributed by atoms with E-state index in [0.717, 1.165) is 11.3 Å². The molecule has 0 atom stereocenters. The van der Waals surface area contributed by atoms with E-state index in [1.165, 1.54) is 0 Å². The monoisotopic (exact) mass is 285 g/mol. The van der Waals surface area contributed by atoms with Gasteiger partial charge in [-0.05, 0) is 30.7 Å². The third kappa shape index (κ3) is 4.49. The Morgan fingerprint density at radius 2 is 2.10 bits per heavy atom. The molecule has 3 N–H and O–H groups in total. The quantitative estimate of drug-likeness (QED) is 0.796. The third-order valence-corrected chi connectivity index (χ3v) is 3.08. The lowest BCUT2D eigenvalue weighted by atomic mass is 10.2. The molecule has 0 fully saturated rings. The molecule has 0 aliphatic heterocycles. The lowest BCUT2D eigenvalue weighted by Gasteiger charge is -2.09. The second kappa shape index (κ2) is 7.28. The number of benzene rings is 1. The Balaban J connectivity index is 1.73. The number of hydrogen-bond acceptors (Lipinski definition) is 4. The number of nitrogen functional groups attached to an aromatic ring is 1. The number of pyridine rings is 1. The van der Waals surface area contributed by atoms with Crippen LogP contribution >= 0.6 is 0 Å². The minimum absolute atomic E-state index is 0.0745. The lowest BCUT2D eigenvalue weighted by Crippen LogP contribution is -2.25. The predicted octanol–water partition coefficient (Wildman–Crippen LogP) is 2.06. The van der Waals surface area contributed by atoms with Crippen molar-refractivity contribution in [3.05, 3.63) is 53.9 Å². The summed E-state index contributed by atoms with van der Waals surface area (Å²) in [5.41, 5.74) is 8.26. The van der Waals surface area contributed by atoms with Gasteiger partial charge in [-0.3, -0.25) is 9.78 Å². The first kappa shape index (κ1) is 14.8. The topological polar surface area (TPSA) is 77.2 Å². The summed E-state index contributed by atoms with van der Waals surface area (Å²) in [5, 5.41) is 2.83. The van der Waals surface area contributed by atoms with E-state index in [2.05, 4.69) is 10.3 Å². The van der Waals surface area contributed by atoms with Crippen LogP contribution in [0, 0.1) is 6.92 Å². The van der Waals surface area contributed by atoms with Crippen molar-refractivity contribution in [2.45, 2.75) is 19.9 Å². The molecule has 0 saturated carbocycles. The van der Waals surface area contributed by atoms with Crippen molar-refractivity contribution in [1.29, 1.82) is 0 Å². The fraction of sp³-hybridized carbons (Fsp3) is 0.250. The van der Waals surface area contributed by atoms with Crippen LogP contribution in [0.2, 0.25) is 0 Å². The van der Waals surface area contributed by atoms with E-state index in [1.54, 1.807) is 18.3 Å². The van der Waals surface area contributed by atoms with Crippen LogP contribution in [-0.4, -0.2) is 17.5 Å². The van der Waals surface area contributed by atoms with E-state index in [1.807, 2.05) is 31.2 Å². The van der Waals surface area contributed by atoms with Gasteiger partial charge in [0, 0.05) is 6.20 Å². The molecule has 1 amide bonds. The molecule has 21 heavy (non-hydrogen) atoms. The number of nitrogens with one attached hydrogen (secondary N) is 1. The Bertz CT molecular complexity index is 614. The highest BCUT2D eigenvalue weighted by Crippen LogP contribution is 2.19. The number of ether oxygens (including phenoxy) is 1. The van der Waals surface area contributed by atoms with E-state index < -0.39 is 0 Å². The Morgan fingerprint density at radius 1 is 1.29 bits per heavy atom. The van der Waals surface area contributed by atoms with E-state index >= 15 is 0 Å². The molecule has 2 rings (SSSR count). The van der Waals surface area contributed by atoms with E-state index in [4.69, 9.17) is 10.5 Å². The highest BCUT2D eigenvalue weighted by atomic mass is 16.5. The van der Waals surface area contributed by atoms with Crippen molar-refractivity contribution in [3.8, 4) is 5.75 Å². The number of hydrogen-bond donors (Lipinski definition) is 2. The van der Waals surface area contributed by atoms with E-state index in [9.17, 15) is 4.79 Å². The molecule has 5 nitrogen and oxygen atoms in total.